The number of aryl methyl sites for hydroxylation is 2. The number of rotatable bonds is 6. The Morgan fingerprint density at radius 3 is 2.59 bits per heavy atom. The lowest BCUT2D eigenvalue weighted by Crippen LogP contribution is -2.37. The molecule has 29 heavy (non-hydrogen) atoms. The molecule has 5 N–H and O–H groups in total. The SMILES string of the molecule is CN=C(C)C=C(N)c1ccc(OCc2c(C)cccc2NC(=O)N(C)N)c(C)c1. The standard InChI is InChI=1S/C22H29N5O2/c1-14-7-6-8-20(26-22(28)27(5)24)18(14)13-29-21-10-9-17(11-15(21)2)19(23)12-16(3)25-4/h6-12H,13,23-24H2,1-5H3,(H,26,28). The van der Waals surface area contributed by atoms with Gasteiger partial charge in [-0.25, -0.2) is 10.6 Å². The van der Waals surface area contributed by atoms with Gasteiger partial charge in [0.1, 0.15) is 12.4 Å². The number of nitrogens with two attached hydrogens (primary N) is 2. The number of anilines is 1. The summed E-state index contributed by atoms with van der Waals surface area (Å²) in [7, 11) is 3.22. The molecule has 0 saturated carbocycles. The molecule has 0 radical (unpaired) electrons. The van der Waals surface area contributed by atoms with E-state index in [9.17, 15) is 4.79 Å². The Morgan fingerprint density at radius 2 is 1.97 bits per heavy atom. The van der Waals surface area contributed by atoms with Crippen molar-refractivity contribution < 1.29 is 9.53 Å². The fourth-order valence-corrected chi connectivity index (χ4v) is 2.73. The van der Waals surface area contributed by atoms with Crippen LogP contribution in [0.3, 0.4) is 0 Å². The Hall–Kier alpha value is -3.32. The van der Waals surface area contributed by atoms with E-state index in [1.807, 2.05) is 63.2 Å². The van der Waals surface area contributed by atoms with Crippen molar-refractivity contribution in [3.8, 4) is 5.75 Å². The molecule has 0 aliphatic rings. The molecule has 2 rings (SSSR count). The van der Waals surface area contributed by atoms with E-state index in [2.05, 4.69) is 10.3 Å². The van der Waals surface area contributed by atoms with E-state index in [0.717, 1.165) is 38.7 Å². The first-order chi connectivity index (χ1) is 13.7. The van der Waals surface area contributed by atoms with Crippen LogP contribution in [0.2, 0.25) is 0 Å². The number of amides is 2. The molecule has 0 atom stereocenters. The molecule has 0 heterocycles. The molecular formula is C22H29N5O2. The van der Waals surface area contributed by atoms with Gasteiger partial charge in [-0.15, -0.1) is 0 Å². The van der Waals surface area contributed by atoms with Crippen molar-refractivity contribution >= 4 is 23.1 Å². The number of nitrogens with zero attached hydrogens (tertiary/aromatic N) is 2. The second kappa shape index (κ2) is 9.75. The molecule has 2 aromatic rings. The van der Waals surface area contributed by atoms with Crippen LogP contribution >= 0.6 is 0 Å². The third-order valence-electron chi connectivity index (χ3n) is 4.57. The van der Waals surface area contributed by atoms with Crippen LogP contribution in [-0.4, -0.2) is 30.8 Å². The van der Waals surface area contributed by atoms with Gasteiger partial charge in [0.05, 0.1) is 0 Å². The summed E-state index contributed by atoms with van der Waals surface area (Å²) < 4.78 is 6.04. The van der Waals surface area contributed by atoms with E-state index < -0.39 is 6.03 Å². The van der Waals surface area contributed by atoms with E-state index in [-0.39, 0.29) is 0 Å². The van der Waals surface area contributed by atoms with Gasteiger partial charge in [0.25, 0.3) is 0 Å². The maximum absolute atomic E-state index is 11.9. The van der Waals surface area contributed by atoms with Gasteiger partial charge in [-0.05, 0) is 67.8 Å². The molecule has 2 amide bonds. The molecule has 0 unspecified atom stereocenters. The summed E-state index contributed by atoms with van der Waals surface area (Å²) in [5, 5.41) is 3.79. The normalized spacial score (nSPS) is 11.9. The minimum absolute atomic E-state index is 0.309. The van der Waals surface area contributed by atoms with Gasteiger partial charge in [0.2, 0.25) is 0 Å². The van der Waals surface area contributed by atoms with Crippen molar-refractivity contribution in [3.63, 3.8) is 0 Å². The Morgan fingerprint density at radius 1 is 1.24 bits per heavy atom. The predicted octanol–water partition coefficient (Wildman–Crippen LogP) is 3.61. The van der Waals surface area contributed by atoms with Crippen LogP contribution in [0.25, 0.3) is 5.70 Å². The first-order valence-corrected chi connectivity index (χ1v) is 9.25. The number of hydrazine groups is 1. The molecule has 0 aliphatic heterocycles. The Bertz CT molecular complexity index is 948. The molecule has 0 saturated heterocycles. The van der Waals surface area contributed by atoms with Gasteiger partial charge in [-0.2, -0.15) is 0 Å². The first-order valence-electron chi connectivity index (χ1n) is 9.25. The van der Waals surface area contributed by atoms with Crippen molar-refractivity contribution in [1.82, 2.24) is 5.01 Å². The van der Waals surface area contributed by atoms with Gasteiger partial charge in [-0.3, -0.25) is 10.0 Å². The lowest BCUT2D eigenvalue weighted by atomic mass is 10.1. The van der Waals surface area contributed by atoms with Crippen LogP contribution in [0.1, 0.15) is 29.2 Å². The van der Waals surface area contributed by atoms with E-state index >= 15 is 0 Å². The summed E-state index contributed by atoms with van der Waals surface area (Å²) in [5.74, 6) is 6.25. The number of allylic oxidation sites excluding steroid dienone is 1. The third kappa shape index (κ3) is 5.83. The smallest absolute Gasteiger partial charge is 0.335 e. The average Bonchev–Trinajstić information content (AvgIpc) is 2.68. The Balaban J connectivity index is 2.20. The van der Waals surface area contributed by atoms with Crippen LogP contribution in [0.15, 0.2) is 47.5 Å². The summed E-state index contributed by atoms with van der Waals surface area (Å²) in [6, 6.07) is 11.1. The fraction of sp³-hybridized carbons (Fsp3) is 0.273. The van der Waals surface area contributed by atoms with Crippen LogP contribution in [-0.2, 0) is 6.61 Å². The number of nitrogens with one attached hydrogen (secondary N) is 1. The topological polar surface area (TPSA) is 106 Å². The number of benzene rings is 2. The summed E-state index contributed by atoms with van der Waals surface area (Å²) in [6.45, 7) is 6.15. The first kappa shape index (κ1) is 22.0. The highest BCUT2D eigenvalue weighted by atomic mass is 16.5. The minimum Gasteiger partial charge on any atom is -0.489 e. The van der Waals surface area contributed by atoms with Crippen molar-refractivity contribution in [2.75, 3.05) is 19.4 Å². The second-order valence-electron chi connectivity index (χ2n) is 6.88. The highest BCUT2D eigenvalue weighted by molar-refractivity contribution is 5.98. The van der Waals surface area contributed by atoms with Gasteiger partial charge >= 0.3 is 6.03 Å². The van der Waals surface area contributed by atoms with Crippen LogP contribution < -0.4 is 21.6 Å². The molecule has 7 heteroatoms. The number of carbonyl (C=O) groups excluding carboxylic acids is 1. The molecule has 0 aromatic heterocycles. The number of carbonyl (C=O) groups is 1. The zero-order chi connectivity index (χ0) is 21.6. The second-order valence-corrected chi connectivity index (χ2v) is 6.88. The molecule has 0 fully saturated rings. The maximum atomic E-state index is 11.9. The van der Waals surface area contributed by atoms with Crippen LogP contribution in [0.5, 0.6) is 5.75 Å². The summed E-state index contributed by atoms with van der Waals surface area (Å²) in [5.41, 5.74) is 12.1. The quantitative estimate of drug-likeness (QED) is 0.301. The van der Waals surface area contributed by atoms with Crippen LogP contribution in [0.4, 0.5) is 10.5 Å². The molecule has 0 aliphatic carbocycles. The largest absolute Gasteiger partial charge is 0.489 e. The predicted molar refractivity (Wildman–Crippen MR) is 119 cm³/mol. The van der Waals surface area contributed by atoms with Gasteiger partial charge in [0.15, 0.2) is 0 Å². The Kier molecular flexibility index (Phi) is 7.39. The zero-order valence-corrected chi connectivity index (χ0v) is 17.6. The van der Waals surface area contributed by atoms with Gasteiger partial charge < -0.3 is 15.8 Å². The number of ether oxygens (including phenoxy) is 1. The van der Waals surface area contributed by atoms with Crippen molar-refractivity contribution in [2.24, 2.45) is 16.6 Å². The van der Waals surface area contributed by atoms with Crippen molar-refractivity contribution in [3.05, 3.63) is 64.7 Å². The Labute approximate surface area is 172 Å². The zero-order valence-electron chi connectivity index (χ0n) is 17.6. The average molecular weight is 396 g/mol. The lowest BCUT2D eigenvalue weighted by molar-refractivity contribution is 0.223. The van der Waals surface area contributed by atoms with Gasteiger partial charge in [-0.1, -0.05) is 12.1 Å². The highest BCUT2D eigenvalue weighted by Crippen LogP contribution is 2.26. The number of hydrogen-bond donors (Lipinski definition) is 3. The maximum Gasteiger partial charge on any atom is 0.335 e. The summed E-state index contributed by atoms with van der Waals surface area (Å²) in [6.07, 6.45) is 1.84. The van der Waals surface area contributed by atoms with E-state index in [0.29, 0.717) is 18.0 Å². The number of aliphatic imine (C=N–C) groups is 1. The summed E-state index contributed by atoms with van der Waals surface area (Å²) in [4.78, 5) is 16.0. The molecular weight excluding hydrogens is 366 g/mol. The fourth-order valence-electron chi connectivity index (χ4n) is 2.73. The van der Waals surface area contributed by atoms with Crippen LogP contribution in [0, 0.1) is 13.8 Å². The molecule has 0 bridgehead atoms. The van der Waals surface area contributed by atoms with Gasteiger partial charge in [0, 0.05) is 36.8 Å². The van der Waals surface area contributed by atoms with Crippen molar-refractivity contribution in [2.45, 2.75) is 27.4 Å². The molecule has 154 valence electrons. The highest BCUT2D eigenvalue weighted by Gasteiger charge is 2.12. The van der Waals surface area contributed by atoms with E-state index in [1.54, 1.807) is 7.05 Å². The summed E-state index contributed by atoms with van der Waals surface area (Å²) >= 11 is 0. The lowest BCUT2D eigenvalue weighted by Gasteiger charge is -2.18. The number of urea groups is 1. The number of hydrogen-bond acceptors (Lipinski definition) is 5. The molecule has 7 nitrogen and oxygen atoms in total. The van der Waals surface area contributed by atoms with E-state index in [1.165, 1.54) is 7.05 Å². The molecule has 2 aromatic carbocycles. The molecule has 0 spiro atoms. The van der Waals surface area contributed by atoms with E-state index in [4.69, 9.17) is 16.3 Å². The minimum atomic E-state index is -0.398. The van der Waals surface area contributed by atoms with Crippen molar-refractivity contribution in [1.29, 1.82) is 0 Å². The third-order valence-corrected chi connectivity index (χ3v) is 4.57. The monoisotopic (exact) mass is 395 g/mol.